The first-order chi connectivity index (χ1) is 29.5. The monoisotopic (exact) mass is 1100 g/mol. The topological polar surface area (TPSA) is 123 Å². The van der Waals surface area contributed by atoms with Gasteiger partial charge in [-0.25, -0.2) is 26.9 Å². The largest absolute Gasteiger partial charge is 0.455 e. The zero-order chi connectivity index (χ0) is 44.2. The number of sulfonamides is 1. The minimum absolute atomic E-state index is 0.00100. The Morgan fingerprint density at radius 3 is 2.53 bits per heavy atom. The summed E-state index contributed by atoms with van der Waals surface area (Å²) < 4.78 is 64.8. The summed E-state index contributed by atoms with van der Waals surface area (Å²) in [5, 5.41) is 4.37. The number of piperazine rings is 1. The second kappa shape index (κ2) is 20.1. The van der Waals surface area contributed by atoms with E-state index in [1.54, 1.807) is 36.7 Å². The predicted octanol–water partition coefficient (Wildman–Crippen LogP) is 11.4. The van der Waals surface area contributed by atoms with Crippen molar-refractivity contribution in [3.63, 3.8) is 0 Å². The van der Waals surface area contributed by atoms with E-state index in [1.807, 2.05) is 19.5 Å². The SMILES string of the molecule is C=C(CCC1=C(CN2CCN(c3ccc(C(=O)NS(=O)(=O)c4ccc(NCC5CCC(C)CC5)c(N(I)I)c4)c(Oc4cnc5[nH]ccc5c4)c3)CC2)CCC(C)(C)C1)C(F)F. The summed E-state index contributed by atoms with van der Waals surface area (Å²) in [5.41, 5.74) is 5.89. The second-order valence-corrected chi connectivity index (χ2v) is 23.5. The van der Waals surface area contributed by atoms with Crippen LogP contribution in [0.3, 0.4) is 0 Å². The number of amides is 1. The van der Waals surface area contributed by atoms with Crippen LogP contribution in [0.25, 0.3) is 11.0 Å². The molecule has 11 nitrogen and oxygen atoms in total. The van der Waals surface area contributed by atoms with Gasteiger partial charge in [0.15, 0.2) is 0 Å². The maximum Gasteiger partial charge on any atom is 0.268 e. The van der Waals surface area contributed by atoms with Crippen LogP contribution >= 0.6 is 45.7 Å². The number of carbonyl (C=O) groups is 1. The van der Waals surface area contributed by atoms with E-state index in [9.17, 15) is 22.0 Å². The number of H-pyrrole nitrogens is 1. The van der Waals surface area contributed by atoms with Crippen molar-refractivity contribution in [2.24, 2.45) is 17.3 Å². The third-order valence-corrected chi connectivity index (χ3v) is 15.1. The van der Waals surface area contributed by atoms with Crippen LogP contribution in [0, 0.1) is 17.3 Å². The number of carbonyl (C=O) groups excluding carboxylic acids is 1. The molecule has 0 spiro atoms. The standard InChI is InChI=1S/C46H57F2I2N7O4S/c1-30-5-8-32(9-6-30)27-52-40-14-12-38(25-41(40)57(49)50)62(59,60)54-45(58)39-13-11-36(24-42(39)61-37-23-33-16-18-51-44(33)53-28-37)56-21-19-55(20-22-56)29-35-15-17-46(3,4)26-34(35)10-7-31(2)43(47)48/h11-14,16,18,23-25,28,30,32,43,52H,2,5-10,15,17,19-22,26-27,29H2,1,3-4H3,(H,51,53)(H,54,58). The first-order valence-electron chi connectivity index (χ1n) is 21.5. The molecule has 2 fully saturated rings. The molecule has 0 radical (unpaired) electrons. The molecular weight excluding hydrogens is 1040 g/mol. The van der Waals surface area contributed by atoms with Crippen LogP contribution in [-0.4, -0.2) is 74.9 Å². The second-order valence-electron chi connectivity index (χ2n) is 18.0. The number of hydrogen-bond acceptors (Lipinski definition) is 9. The lowest BCUT2D eigenvalue weighted by Crippen LogP contribution is -2.47. The molecule has 2 aromatic carbocycles. The number of benzene rings is 2. The zero-order valence-electron chi connectivity index (χ0n) is 35.7. The molecule has 1 aliphatic heterocycles. The van der Waals surface area contributed by atoms with Crippen molar-refractivity contribution in [2.45, 2.75) is 89.9 Å². The molecule has 0 atom stereocenters. The zero-order valence-corrected chi connectivity index (χ0v) is 40.8. The molecule has 334 valence electrons. The predicted molar refractivity (Wildman–Crippen MR) is 262 cm³/mol. The molecule has 4 aromatic rings. The molecule has 1 saturated carbocycles. The van der Waals surface area contributed by atoms with Gasteiger partial charge in [-0.2, -0.15) is 0 Å². The van der Waals surface area contributed by atoms with E-state index in [2.05, 4.69) is 103 Å². The van der Waals surface area contributed by atoms with Crippen molar-refractivity contribution in [1.29, 1.82) is 0 Å². The molecule has 3 aliphatic rings. The normalized spacial score (nSPS) is 19.8. The molecule has 1 saturated heterocycles. The Hall–Kier alpha value is -3.49. The summed E-state index contributed by atoms with van der Waals surface area (Å²) in [5.74, 6) is 1.10. The van der Waals surface area contributed by atoms with Crippen molar-refractivity contribution in [1.82, 2.24) is 19.6 Å². The van der Waals surface area contributed by atoms with E-state index < -0.39 is 22.4 Å². The highest BCUT2D eigenvalue weighted by Crippen LogP contribution is 2.42. The van der Waals surface area contributed by atoms with Crippen molar-refractivity contribution in [3.05, 3.63) is 89.8 Å². The Balaban J connectivity index is 1.07. The minimum atomic E-state index is -4.29. The lowest BCUT2D eigenvalue weighted by atomic mass is 9.73. The molecule has 7 rings (SSSR count). The van der Waals surface area contributed by atoms with E-state index in [-0.39, 0.29) is 27.2 Å². The highest BCUT2D eigenvalue weighted by Gasteiger charge is 2.30. The van der Waals surface area contributed by atoms with Gasteiger partial charge in [0.1, 0.15) is 17.1 Å². The summed E-state index contributed by atoms with van der Waals surface area (Å²) in [4.78, 5) is 26.2. The number of nitrogens with zero attached hydrogens (tertiary/aromatic N) is 4. The van der Waals surface area contributed by atoms with Crippen molar-refractivity contribution >= 4 is 89.8 Å². The van der Waals surface area contributed by atoms with Gasteiger partial charge in [-0.3, -0.25) is 11.0 Å². The third kappa shape index (κ3) is 11.8. The van der Waals surface area contributed by atoms with Crippen LogP contribution in [0.1, 0.15) is 88.9 Å². The molecule has 3 N–H and O–H groups in total. The number of halogens is 4. The van der Waals surface area contributed by atoms with Gasteiger partial charge >= 0.3 is 0 Å². The average molecular weight is 1100 g/mol. The van der Waals surface area contributed by atoms with Crippen LogP contribution < -0.4 is 21.0 Å². The number of ether oxygens (including phenoxy) is 1. The molecule has 0 bridgehead atoms. The summed E-state index contributed by atoms with van der Waals surface area (Å²) in [6.45, 7) is 15.0. The van der Waals surface area contributed by atoms with Crippen molar-refractivity contribution < 1.29 is 26.7 Å². The summed E-state index contributed by atoms with van der Waals surface area (Å²) >= 11 is 4.23. The highest BCUT2D eigenvalue weighted by molar-refractivity contribution is 14.2. The van der Waals surface area contributed by atoms with Gasteiger partial charge < -0.3 is 19.9 Å². The number of pyridine rings is 1. The lowest BCUT2D eigenvalue weighted by Gasteiger charge is -2.39. The number of aromatic amines is 1. The fourth-order valence-electron chi connectivity index (χ4n) is 8.84. The van der Waals surface area contributed by atoms with E-state index in [4.69, 9.17) is 4.74 Å². The Morgan fingerprint density at radius 1 is 1.05 bits per heavy atom. The maximum absolute atomic E-state index is 14.0. The fourth-order valence-corrected chi connectivity index (χ4v) is 10.6. The summed E-state index contributed by atoms with van der Waals surface area (Å²) in [7, 11) is -4.29. The van der Waals surface area contributed by atoms with Gasteiger partial charge in [-0.1, -0.05) is 51.3 Å². The van der Waals surface area contributed by atoms with Gasteiger partial charge in [0, 0.05) is 62.6 Å². The average Bonchev–Trinajstić information content (AvgIpc) is 3.71. The number of rotatable bonds is 16. The van der Waals surface area contributed by atoms with Crippen LogP contribution in [-0.2, 0) is 10.0 Å². The number of allylic oxidation sites excluding steroid dienone is 2. The molecular formula is C46H57F2I2N7O4S. The van der Waals surface area contributed by atoms with E-state index in [1.165, 1.54) is 42.9 Å². The van der Waals surface area contributed by atoms with Crippen LogP contribution in [0.2, 0.25) is 0 Å². The van der Waals surface area contributed by atoms with Gasteiger partial charge in [-0.05, 0) is 110 Å². The van der Waals surface area contributed by atoms with E-state index in [0.29, 0.717) is 48.9 Å². The first-order valence-corrected chi connectivity index (χ1v) is 24.9. The Labute approximate surface area is 392 Å². The summed E-state index contributed by atoms with van der Waals surface area (Å²) in [6.07, 6.45) is 9.51. The fraction of sp³-hybridized carbons (Fsp3) is 0.478. The van der Waals surface area contributed by atoms with Crippen LogP contribution in [0.5, 0.6) is 11.5 Å². The number of anilines is 3. The number of alkyl halides is 2. The molecule has 1 amide bonds. The molecule has 62 heavy (non-hydrogen) atoms. The lowest BCUT2D eigenvalue weighted by molar-refractivity contribution is 0.0979. The maximum atomic E-state index is 14.0. The summed E-state index contributed by atoms with van der Waals surface area (Å²) in [6, 6.07) is 13.8. The number of nitrogens with one attached hydrogen (secondary N) is 3. The smallest absolute Gasteiger partial charge is 0.268 e. The van der Waals surface area contributed by atoms with Gasteiger partial charge in [-0.15, -0.1) is 0 Å². The van der Waals surface area contributed by atoms with Crippen molar-refractivity contribution in [2.75, 3.05) is 50.8 Å². The number of hydrogen-bond donors (Lipinski definition) is 3. The number of fused-ring (bicyclic) bond motifs is 1. The van der Waals surface area contributed by atoms with Gasteiger partial charge in [0.2, 0.25) is 0 Å². The quantitative estimate of drug-likeness (QED) is 0.0572. The third-order valence-electron chi connectivity index (χ3n) is 12.7. The van der Waals surface area contributed by atoms with E-state index in [0.717, 1.165) is 68.1 Å². The number of aromatic nitrogens is 2. The van der Waals surface area contributed by atoms with E-state index >= 15 is 0 Å². The van der Waals surface area contributed by atoms with Crippen molar-refractivity contribution in [3.8, 4) is 11.5 Å². The molecule has 3 heterocycles. The molecule has 2 aromatic heterocycles. The Bertz CT molecular complexity index is 2390. The Kier molecular flexibility index (Phi) is 15.1. The molecule has 16 heteroatoms. The minimum Gasteiger partial charge on any atom is -0.455 e. The van der Waals surface area contributed by atoms with Gasteiger partial charge in [0.05, 0.1) is 73.8 Å². The Morgan fingerprint density at radius 2 is 1.81 bits per heavy atom. The first kappa shape index (κ1) is 46.5. The highest BCUT2D eigenvalue weighted by atomic mass is 127. The van der Waals surface area contributed by atoms with Gasteiger partial charge in [0.25, 0.3) is 22.4 Å². The molecule has 0 unspecified atom stereocenters. The van der Waals surface area contributed by atoms with Crippen LogP contribution in [0.15, 0.2) is 89.1 Å². The van der Waals surface area contributed by atoms with Crippen LogP contribution in [0.4, 0.5) is 25.8 Å². The molecule has 2 aliphatic carbocycles.